The van der Waals surface area contributed by atoms with Gasteiger partial charge in [-0.15, -0.1) is 0 Å². The fourth-order valence-corrected chi connectivity index (χ4v) is 3.65. The third-order valence-corrected chi connectivity index (χ3v) is 5.46. The molecule has 0 bridgehead atoms. The van der Waals surface area contributed by atoms with E-state index in [1.54, 1.807) is 37.3 Å². The third kappa shape index (κ3) is 4.55. The molecule has 1 aromatic heterocycles. The second-order valence-corrected chi connectivity index (χ2v) is 7.82. The van der Waals surface area contributed by atoms with E-state index >= 15 is 0 Å². The van der Waals surface area contributed by atoms with Gasteiger partial charge in [-0.05, 0) is 50.6 Å². The maximum Gasteiger partial charge on any atom is 0.261 e. The SMILES string of the molecule is COCCCN(C(=O)c1ccc(C)cc1)C(C)c1nc2cc(Cl)ccc2c(=O)n1C. The fraction of sp³-hybridized carbons (Fsp3) is 0.348. The maximum absolute atomic E-state index is 13.3. The minimum atomic E-state index is -0.420. The molecule has 1 amide bonds. The molecule has 0 radical (unpaired) electrons. The van der Waals surface area contributed by atoms with E-state index in [1.165, 1.54) is 4.57 Å². The largest absolute Gasteiger partial charge is 0.385 e. The Labute approximate surface area is 181 Å². The first kappa shape index (κ1) is 22.0. The zero-order chi connectivity index (χ0) is 21.8. The molecule has 0 N–H and O–H groups in total. The summed E-state index contributed by atoms with van der Waals surface area (Å²) < 4.78 is 6.68. The van der Waals surface area contributed by atoms with E-state index in [0.29, 0.717) is 46.9 Å². The van der Waals surface area contributed by atoms with Gasteiger partial charge < -0.3 is 9.64 Å². The fourth-order valence-electron chi connectivity index (χ4n) is 3.49. The molecule has 1 heterocycles. The lowest BCUT2D eigenvalue weighted by Crippen LogP contribution is -2.38. The lowest BCUT2D eigenvalue weighted by molar-refractivity contribution is 0.0656. The van der Waals surface area contributed by atoms with E-state index in [2.05, 4.69) is 4.98 Å². The van der Waals surface area contributed by atoms with E-state index in [0.717, 1.165) is 5.56 Å². The smallest absolute Gasteiger partial charge is 0.261 e. The Balaban J connectivity index is 2.04. The number of aryl methyl sites for hydroxylation is 1. The lowest BCUT2D eigenvalue weighted by Gasteiger charge is -2.30. The summed E-state index contributed by atoms with van der Waals surface area (Å²) in [5.74, 6) is 0.395. The maximum atomic E-state index is 13.3. The van der Waals surface area contributed by atoms with E-state index in [-0.39, 0.29) is 11.5 Å². The molecule has 1 atom stereocenters. The number of amides is 1. The number of hydrogen-bond acceptors (Lipinski definition) is 4. The molecule has 0 aliphatic heterocycles. The lowest BCUT2D eigenvalue weighted by atomic mass is 10.1. The van der Waals surface area contributed by atoms with Gasteiger partial charge in [-0.1, -0.05) is 29.3 Å². The Bertz CT molecular complexity index is 1110. The number of halogens is 1. The minimum Gasteiger partial charge on any atom is -0.385 e. The predicted octanol–water partition coefficient (Wildman–Crippen LogP) is 4.14. The van der Waals surface area contributed by atoms with E-state index in [9.17, 15) is 9.59 Å². The Morgan fingerprint density at radius 3 is 2.60 bits per heavy atom. The van der Waals surface area contributed by atoms with Gasteiger partial charge in [-0.2, -0.15) is 0 Å². The number of hydrogen-bond donors (Lipinski definition) is 0. The summed E-state index contributed by atoms with van der Waals surface area (Å²) in [7, 11) is 3.31. The van der Waals surface area contributed by atoms with E-state index in [4.69, 9.17) is 16.3 Å². The van der Waals surface area contributed by atoms with Gasteiger partial charge in [0.15, 0.2) is 0 Å². The number of nitrogens with zero attached hydrogens (tertiary/aromatic N) is 3. The number of methoxy groups -OCH3 is 1. The van der Waals surface area contributed by atoms with Crippen LogP contribution in [0.4, 0.5) is 0 Å². The van der Waals surface area contributed by atoms with Crippen LogP contribution in [0.5, 0.6) is 0 Å². The van der Waals surface area contributed by atoms with Crippen LogP contribution in [-0.4, -0.2) is 40.6 Å². The molecule has 30 heavy (non-hydrogen) atoms. The zero-order valence-electron chi connectivity index (χ0n) is 17.7. The van der Waals surface area contributed by atoms with Gasteiger partial charge >= 0.3 is 0 Å². The number of ether oxygens (including phenoxy) is 1. The second kappa shape index (κ2) is 9.41. The first-order valence-corrected chi connectivity index (χ1v) is 10.2. The average molecular weight is 428 g/mol. The van der Waals surface area contributed by atoms with Gasteiger partial charge in [-0.25, -0.2) is 4.98 Å². The monoisotopic (exact) mass is 427 g/mol. The summed E-state index contributed by atoms with van der Waals surface area (Å²) in [6.07, 6.45) is 0.672. The highest BCUT2D eigenvalue weighted by Crippen LogP contribution is 2.23. The summed E-state index contributed by atoms with van der Waals surface area (Å²) in [6, 6.07) is 12.1. The highest BCUT2D eigenvalue weighted by Gasteiger charge is 2.26. The summed E-state index contributed by atoms with van der Waals surface area (Å²) >= 11 is 6.11. The normalized spacial score (nSPS) is 12.2. The summed E-state index contributed by atoms with van der Waals surface area (Å²) in [6.45, 7) is 4.87. The number of carbonyl (C=O) groups is 1. The van der Waals surface area contributed by atoms with Crippen LogP contribution in [0.25, 0.3) is 10.9 Å². The van der Waals surface area contributed by atoms with Crippen LogP contribution >= 0.6 is 11.6 Å². The standard InChI is InChI=1S/C23H26ClN3O3/c1-15-6-8-17(9-7-15)22(28)27(12-5-13-30-4)16(2)21-25-20-14-18(24)10-11-19(20)23(29)26(21)3/h6-11,14,16H,5,12-13H2,1-4H3. The van der Waals surface area contributed by atoms with Crippen molar-refractivity contribution in [2.75, 3.05) is 20.3 Å². The number of fused-ring (bicyclic) bond motifs is 1. The second-order valence-electron chi connectivity index (χ2n) is 7.38. The van der Waals surface area contributed by atoms with Crippen LogP contribution in [0.3, 0.4) is 0 Å². The molecule has 1 unspecified atom stereocenters. The first-order chi connectivity index (χ1) is 14.3. The zero-order valence-corrected chi connectivity index (χ0v) is 18.4. The molecule has 0 aliphatic rings. The summed E-state index contributed by atoms with van der Waals surface area (Å²) in [5.41, 5.74) is 2.03. The molecule has 158 valence electrons. The molecule has 0 spiro atoms. The van der Waals surface area contributed by atoms with E-state index in [1.807, 2.05) is 38.1 Å². The van der Waals surface area contributed by atoms with Gasteiger partial charge in [-0.3, -0.25) is 14.2 Å². The van der Waals surface area contributed by atoms with Crippen molar-refractivity contribution in [1.82, 2.24) is 14.5 Å². The molecule has 0 saturated heterocycles. The van der Waals surface area contributed by atoms with Gasteiger partial charge in [0.05, 0.1) is 16.9 Å². The molecular formula is C23H26ClN3O3. The third-order valence-electron chi connectivity index (χ3n) is 5.22. The number of carbonyl (C=O) groups excluding carboxylic acids is 1. The van der Waals surface area contributed by atoms with E-state index < -0.39 is 6.04 Å². The van der Waals surface area contributed by atoms with Crippen molar-refractivity contribution in [1.29, 1.82) is 0 Å². The van der Waals surface area contributed by atoms with Crippen molar-refractivity contribution in [2.45, 2.75) is 26.3 Å². The number of benzene rings is 2. The Hall–Kier alpha value is -2.70. The number of aromatic nitrogens is 2. The molecular weight excluding hydrogens is 402 g/mol. The first-order valence-electron chi connectivity index (χ1n) is 9.86. The molecule has 3 rings (SSSR count). The Morgan fingerprint density at radius 1 is 1.23 bits per heavy atom. The van der Waals surface area contributed by atoms with Crippen LogP contribution in [0.2, 0.25) is 5.02 Å². The van der Waals surface area contributed by atoms with Crippen molar-refractivity contribution >= 4 is 28.4 Å². The van der Waals surface area contributed by atoms with Crippen molar-refractivity contribution in [3.63, 3.8) is 0 Å². The number of rotatable bonds is 7. The Morgan fingerprint density at radius 2 is 1.93 bits per heavy atom. The summed E-state index contributed by atoms with van der Waals surface area (Å²) in [5, 5.41) is 1.00. The minimum absolute atomic E-state index is 0.112. The highest BCUT2D eigenvalue weighted by molar-refractivity contribution is 6.31. The predicted molar refractivity (Wildman–Crippen MR) is 119 cm³/mol. The average Bonchev–Trinajstić information content (AvgIpc) is 2.73. The van der Waals surface area contributed by atoms with Crippen LogP contribution in [0.15, 0.2) is 47.3 Å². The van der Waals surface area contributed by atoms with Crippen molar-refractivity contribution in [3.05, 3.63) is 74.8 Å². The molecule has 0 saturated carbocycles. The summed E-state index contributed by atoms with van der Waals surface area (Å²) in [4.78, 5) is 32.6. The molecule has 2 aromatic carbocycles. The van der Waals surface area contributed by atoms with Crippen LogP contribution in [0, 0.1) is 6.92 Å². The van der Waals surface area contributed by atoms with Crippen molar-refractivity contribution in [3.8, 4) is 0 Å². The van der Waals surface area contributed by atoms with Crippen molar-refractivity contribution < 1.29 is 9.53 Å². The quantitative estimate of drug-likeness (QED) is 0.531. The Kier molecular flexibility index (Phi) is 6.90. The van der Waals surface area contributed by atoms with Gasteiger partial charge in [0.25, 0.3) is 11.5 Å². The van der Waals surface area contributed by atoms with Gasteiger partial charge in [0.1, 0.15) is 5.82 Å². The van der Waals surface area contributed by atoms with Gasteiger partial charge in [0.2, 0.25) is 0 Å². The molecule has 3 aromatic rings. The molecule has 0 fully saturated rings. The highest BCUT2D eigenvalue weighted by atomic mass is 35.5. The molecule has 7 heteroatoms. The molecule has 0 aliphatic carbocycles. The van der Waals surface area contributed by atoms with Gasteiger partial charge in [0, 0.05) is 37.9 Å². The van der Waals surface area contributed by atoms with Crippen LogP contribution in [-0.2, 0) is 11.8 Å². The van der Waals surface area contributed by atoms with Crippen LogP contribution < -0.4 is 5.56 Å². The molecule has 6 nitrogen and oxygen atoms in total. The van der Waals surface area contributed by atoms with Crippen LogP contribution in [0.1, 0.15) is 41.1 Å². The topological polar surface area (TPSA) is 64.4 Å². The van der Waals surface area contributed by atoms with Crippen molar-refractivity contribution in [2.24, 2.45) is 7.05 Å².